The molecule has 9 aromatic carbocycles. The normalized spacial score (nSPS) is 12.6. The van der Waals surface area contributed by atoms with E-state index < -0.39 is 0 Å². The van der Waals surface area contributed by atoms with Gasteiger partial charge in [0, 0.05) is 17.4 Å². The number of fused-ring (bicyclic) bond motifs is 9. The first-order valence-electron chi connectivity index (χ1n) is 20.0. The molecule has 3 nitrogen and oxygen atoms in total. The van der Waals surface area contributed by atoms with Gasteiger partial charge < -0.3 is 0 Å². The van der Waals surface area contributed by atoms with Gasteiger partial charge in [0.15, 0.2) is 0 Å². The van der Waals surface area contributed by atoms with Crippen molar-refractivity contribution >= 4 is 65.7 Å². The number of benzene rings is 9. The van der Waals surface area contributed by atoms with Crippen LogP contribution in [0.5, 0.6) is 0 Å². The quantitative estimate of drug-likeness (QED) is 0.168. The smallest absolute Gasteiger partial charge is 0.148 e. The van der Waals surface area contributed by atoms with Crippen LogP contribution in [0.25, 0.3) is 110 Å². The summed E-state index contributed by atoms with van der Waals surface area (Å²) in [5, 5.41) is 11.0. The van der Waals surface area contributed by atoms with E-state index in [2.05, 4.69) is 205 Å². The summed E-state index contributed by atoms with van der Waals surface area (Å²) in [6, 6.07) is 64.3. The van der Waals surface area contributed by atoms with Crippen molar-refractivity contribution in [3.63, 3.8) is 0 Å². The summed E-state index contributed by atoms with van der Waals surface area (Å²) in [4.78, 5) is 10.4. The van der Waals surface area contributed by atoms with E-state index in [1.165, 1.54) is 70.9 Å². The molecule has 0 aliphatic heterocycles. The number of para-hydroxylation sites is 1. The molecule has 12 rings (SSSR count). The van der Waals surface area contributed by atoms with Crippen LogP contribution in [-0.4, -0.2) is 14.4 Å². The molecule has 0 spiro atoms. The predicted octanol–water partition coefficient (Wildman–Crippen LogP) is 14.3. The molecule has 0 saturated carbocycles. The van der Waals surface area contributed by atoms with E-state index in [4.69, 9.17) is 9.97 Å². The molecule has 0 bridgehead atoms. The maximum atomic E-state index is 5.25. The van der Waals surface area contributed by atoms with Crippen molar-refractivity contribution in [1.29, 1.82) is 0 Å². The molecule has 3 heteroatoms. The Bertz CT molecular complexity index is 3530. The third kappa shape index (κ3) is 5.14. The van der Waals surface area contributed by atoms with E-state index in [9.17, 15) is 0 Å². The molecule has 0 N–H and O–H groups in total. The van der Waals surface area contributed by atoms with Crippen LogP contribution >= 0.6 is 0 Å². The molecule has 0 unspecified atom stereocenters. The first-order chi connectivity index (χ1) is 28.7. The second kappa shape index (κ2) is 13.0. The Morgan fingerprint density at radius 1 is 0.397 bits per heavy atom. The standard InChI is InChI=1S/C55H35N3/c1-2-20-50-51(21-3-1)58-54(56-49-19-11-10-18-47(49)55(58)57-50)38-26-22-37(23-27-38)41-30-31-46-48(34-41)53(43-29-25-36-13-5-7-15-40(36)33-43)45-17-9-8-16-44(45)52(46)42-28-24-35-12-4-6-14-39(35)32-42/h1-19,21-34H,20H2. The highest BCUT2D eigenvalue weighted by Crippen LogP contribution is 2.46. The van der Waals surface area contributed by atoms with Crippen LogP contribution in [0.1, 0.15) is 11.4 Å². The number of hydrogen-bond acceptors (Lipinski definition) is 2. The molecule has 11 aromatic rings. The topological polar surface area (TPSA) is 30.2 Å². The van der Waals surface area contributed by atoms with Crippen LogP contribution in [0.4, 0.5) is 0 Å². The minimum absolute atomic E-state index is 0.789. The average Bonchev–Trinajstić information content (AvgIpc) is 3.49. The molecule has 0 atom stereocenters. The molecule has 2 aromatic heterocycles. The molecular weight excluding hydrogens is 703 g/mol. The maximum Gasteiger partial charge on any atom is 0.148 e. The van der Waals surface area contributed by atoms with Crippen LogP contribution in [0.3, 0.4) is 0 Å². The van der Waals surface area contributed by atoms with E-state index in [1.54, 1.807) is 0 Å². The Morgan fingerprint density at radius 2 is 0.948 bits per heavy atom. The molecule has 0 amide bonds. The summed E-state index contributed by atoms with van der Waals surface area (Å²) in [6.07, 6.45) is 9.31. The van der Waals surface area contributed by atoms with Crippen LogP contribution in [-0.2, 0) is 6.42 Å². The van der Waals surface area contributed by atoms with Crippen LogP contribution in [0.2, 0.25) is 0 Å². The second-order valence-corrected chi connectivity index (χ2v) is 15.3. The number of rotatable bonds is 4. The molecule has 0 radical (unpaired) electrons. The lowest BCUT2D eigenvalue weighted by Crippen LogP contribution is -2.00. The van der Waals surface area contributed by atoms with Crippen molar-refractivity contribution in [2.24, 2.45) is 0 Å². The Hall–Kier alpha value is -7.62. The fourth-order valence-corrected chi connectivity index (χ4v) is 9.20. The molecule has 2 heterocycles. The first-order valence-corrected chi connectivity index (χ1v) is 20.0. The number of imidazole rings is 1. The minimum Gasteiger partial charge on any atom is -0.276 e. The third-order valence-corrected chi connectivity index (χ3v) is 12.0. The number of hydrogen-bond donors (Lipinski definition) is 0. The largest absolute Gasteiger partial charge is 0.276 e. The first kappa shape index (κ1) is 32.6. The highest BCUT2D eigenvalue weighted by molar-refractivity contribution is 6.22. The number of aromatic nitrogens is 3. The Morgan fingerprint density at radius 3 is 1.66 bits per heavy atom. The van der Waals surface area contributed by atoms with Crippen LogP contribution in [0.15, 0.2) is 194 Å². The zero-order chi connectivity index (χ0) is 38.2. The van der Waals surface area contributed by atoms with E-state index in [-0.39, 0.29) is 0 Å². The summed E-state index contributed by atoms with van der Waals surface area (Å²) in [7, 11) is 0. The van der Waals surface area contributed by atoms with Gasteiger partial charge in [-0.05, 0) is 113 Å². The highest BCUT2D eigenvalue weighted by Gasteiger charge is 2.20. The van der Waals surface area contributed by atoms with Gasteiger partial charge in [0.25, 0.3) is 0 Å². The zero-order valence-electron chi connectivity index (χ0n) is 31.6. The molecule has 1 aliphatic rings. The minimum atomic E-state index is 0.789. The summed E-state index contributed by atoms with van der Waals surface area (Å²) in [5.74, 6) is 0.893. The number of nitrogens with zero attached hydrogens (tertiary/aromatic N) is 3. The predicted molar refractivity (Wildman–Crippen MR) is 244 cm³/mol. The van der Waals surface area contributed by atoms with Gasteiger partial charge in [-0.1, -0.05) is 164 Å². The summed E-state index contributed by atoms with van der Waals surface area (Å²) >= 11 is 0. The van der Waals surface area contributed by atoms with Crippen molar-refractivity contribution in [1.82, 2.24) is 14.4 Å². The lowest BCUT2D eigenvalue weighted by atomic mass is 9.84. The highest BCUT2D eigenvalue weighted by atomic mass is 15.1. The maximum absolute atomic E-state index is 5.25. The van der Waals surface area contributed by atoms with Crippen molar-refractivity contribution < 1.29 is 0 Å². The van der Waals surface area contributed by atoms with Gasteiger partial charge in [-0.15, -0.1) is 0 Å². The van der Waals surface area contributed by atoms with Crippen molar-refractivity contribution in [3.05, 3.63) is 206 Å². The van der Waals surface area contributed by atoms with Crippen molar-refractivity contribution in [3.8, 4) is 44.8 Å². The Labute approximate surface area is 335 Å². The van der Waals surface area contributed by atoms with Gasteiger partial charge in [-0.2, -0.15) is 0 Å². The van der Waals surface area contributed by atoms with Gasteiger partial charge in [-0.3, -0.25) is 4.40 Å². The second-order valence-electron chi connectivity index (χ2n) is 15.3. The fourth-order valence-electron chi connectivity index (χ4n) is 9.20. The van der Waals surface area contributed by atoms with Gasteiger partial charge in [0.1, 0.15) is 11.5 Å². The molecule has 0 saturated heterocycles. The van der Waals surface area contributed by atoms with Crippen LogP contribution < -0.4 is 0 Å². The van der Waals surface area contributed by atoms with E-state index >= 15 is 0 Å². The van der Waals surface area contributed by atoms with Crippen LogP contribution in [0, 0.1) is 0 Å². The van der Waals surface area contributed by atoms with E-state index in [1.807, 2.05) is 0 Å². The molecule has 0 fully saturated rings. The molecule has 1 aliphatic carbocycles. The lowest BCUT2D eigenvalue weighted by molar-refractivity contribution is 1.10. The summed E-state index contributed by atoms with van der Waals surface area (Å²) in [6.45, 7) is 0. The Balaban J connectivity index is 1.07. The summed E-state index contributed by atoms with van der Waals surface area (Å²) in [5.41, 5.74) is 12.4. The van der Waals surface area contributed by atoms with Crippen molar-refractivity contribution in [2.75, 3.05) is 0 Å². The average molecular weight is 738 g/mol. The van der Waals surface area contributed by atoms with Crippen molar-refractivity contribution in [2.45, 2.75) is 6.42 Å². The SMILES string of the molecule is C1=CCc2nc3c4ccccc4nc(-c4ccc(-c5ccc6c(-c7ccc8ccccc8c7)c7ccccc7c(-c7ccc8ccccc8c7)c6c5)cc4)n3c2C=C1. The fraction of sp³-hybridized carbons (Fsp3) is 0.0182. The summed E-state index contributed by atoms with van der Waals surface area (Å²) < 4.78 is 2.24. The number of allylic oxidation sites excluding steroid dienone is 3. The van der Waals surface area contributed by atoms with E-state index in [0.29, 0.717) is 0 Å². The van der Waals surface area contributed by atoms with E-state index in [0.717, 1.165) is 51.3 Å². The molecule has 270 valence electrons. The third-order valence-electron chi connectivity index (χ3n) is 12.0. The van der Waals surface area contributed by atoms with Gasteiger partial charge in [0.05, 0.1) is 16.9 Å². The van der Waals surface area contributed by atoms with Gasteiger partial charge in [-0.25, -0.2) is 9.97 Å². The molecule has 58 heavy (non-hydrogen) atoms. The molecular formula is C55H35N3. The van der Waals surface area contributed by atoms with Gasteiger partial charge in [0.2, 0.25) is 0 Å². The lowest BCUT2D eigenvalue weighted by Gasteiger charge is -2.19. The van der Waals surface area contributed by atoms with Gasteiger partial charge >= 0.3 is 0 Å². The zero-order valence-corrected chi connectivity index (χ0v) is 31.6. The Kier molecular flexibility index (Phi) is 7.29. The monoisotopic (exact) mass is 737 g/mol.